The zero-order valence-corrected chi connectivity index (χ0v) is 12.2. The number of anilines is 1. The van der Waals surface area contributed by atoms with Gasteiger partial charge in [-0.15, -0.1) is 13.2 Å². The Morgan fingerprint density at radius 2 is 1.95 bits per heavy atom. The van der Waals surface area contributed by atoms with E-state index in [4.69, 9.17) is 4.52 Å². The molecule has 0 spiro atoms. The van der Waals surface area contributed by atoms with Gasteiger partial charge in [0, 0.05) is 6.07 Å². The van der Waals surface area contributed by atoms with Crippen molar-refractivity contribution in [2.75, 3.05) is 4.72 Å². The van der Waals surface area contributed by atoms with Crippen LogP contribution in [0.5, 0.6) is 5.75 Å². The van der Waals surface area contributed by atoms with Crippen LogP contribution < -0.4 is 9.46 Å². The maximum Gasteiger partial charge on any atom is 0.573 e. The highest BCUT2D eigenvalue weighted by Gasteiger charge is 2.31. The predicted octanol–water partition coefficient (Wildman–Crippen LogP) is 2.99. The van der Waals surface area contributed by atoms with Gasteiger partial charge in [0.1, 0.15) is 11.4 Å². The molecule has 0 aliphatic carbocycles. The van der Waals surface area contributed by atoms with Crippen molar-refractivity contribution in [1.82, 2.24) is 5.16 Å². The van der Waals surface area contributed by atoms with Gasteiger partial charge in [-0.1, -0.05) is 11.2 Å². The summed E-state index contributed by atoms with van der Waals surface area (Å²) in [5.74, 6) is -0.459. The predicted molar refractivity (Wildman–Crippen MR) is 69.9 cm³/mol. The summed E-state index contributed by atoms with van der Waals surface area (Å²) in [5.41, 5.74) is 0.0643. The molecule has 1 heterocycles. The van der Waals surface area contributed by atoms with Crippen molar-refractivity contribution in [3.63, 3.8) is 0 Å². The van der Waals surface area contributed by atoms with Crippen molar-refractivity contribution in [1.29, 1.82) is 0 Å². The number of hydrogen-bond donors (Lipinski definition) is 1. The molecule has 22 heavy (non-hydrogen) atoms. The Bertz CT molecular complexity index is 764. The molecule has 0 aliphatic heterocycles. The maximum atomic E-state index is 12.2. The van der Waals surface area contributed by atoms with E-state index in [1.54, 1.807) is 0 Å². The number of nitrogens with one attached hydrogen (secondary N) is 1. The first kappa shape index (κ1) is 16.1. The van der Waals surface area contributed by atoms with Crippen LogP contribution in [0.25, 0.3) is 0 Å². The van der Waals surface area contributed by atoms with E-state index >= 15 is 0 Å². The Kier molecular flexibility index (Phi) is 4.05. The standard InChI is InChI=1S/C12H11F3N2O4S/c1-7-11(8(2)21-16-7)22(18,19)17-9-4-3-5-10(6-9)20-12(13,14)15/h3-6,17H,1-2H3. The topological polar surface area (TPSA) is 81.4 Å². The number of benzene rings is 1. The van der Waals surface area contributed by atoms with Crippen LogP contribution in [0.15, 0.2) is 33.7 Å². The monoisotopic (exact) mass is 336 g/mol. The minimum Gasteiger partial charge on any atom is -0.406 e. The molecule has 1 aromatic heterocycles. The largest absolute Gasteiger partial charge is 0.573 e. The minimum atomic E-state index is -4.86. The van der Waals surface area contributed by atoms with Gasteiger partial charge in [0.15, 0.2) is 10.7 Å². The number of rotatable bonds is 4. The van der Waals surface area contributed by atoms with Crippen LogP contribution in [-0.4, -0.2) is 19.9 Å². The Morgan fingerprint density at radius 1 is 1.27 bits per heavy atom. The number of aromatic nitrogens is 1. The third-order valence-corrected chi connectivity index (χ3v) is 4.18. The Labute approximate surface area is 123 Å². The molecule has 0 saturated carbocycles. The van der Waals surface area contributed by atoms with Crippen molar-refractivity contribution in [3.8, 4) is 5.75 Å². The van der Waals surface area contributed by atoms with Gasteiger partial charge in [-0.2, -0.15) is 0 Å². The van der Waals surface area contributed by atoms with Crippen LogP contribution >= 0.6 is 0 Å². The molecule has 1 N–H and O–H groups in total. The first-order chi connectivity index (χ1) is 10.1. The lowest BCUT2D eigenvalue weighted by atomic mass is 10.3. The molecule has 2 aromatic rings. The molecule has 1 aromatic carbocycles. The average molecular weight is 336 g/mol. The summed E-state index contributed by atoms with van der Waals surface area (Å²) in [5, 5.41) is 3.52. The van der Waals surface area contributed by atoms with E-state index in [1.807, 2.05) is 0 Å². The van der Waals surface area contributed by atoms with Crippen LogP contribution in [0.1, 0.15) is 11.5 Å². The SMILES string of the molecule is Cc1noc(C)c1S(=O)(=O)Nc1cccc(OC(F)(F)F)c1. The summed E-state index contributed by atoms with van der Waals surface area (Å²) in [6, 6.07) is 4.50. The minimum absolute atomic E-state index is 0.0766. The maximum absolute atomic E-state index is 12.2. The zero-order chi connectivity index (χ0) is 16.5. The summed E-state index contributed by atoms with van der Waals surface area (Å²) >= 11 is 0. The molecular weight excluding hydrogens is 325 g/mol. The third-order valence-electron chi connectivity index (χ3n) is 2.56. The lowest BCUT2D eigenvalue weighted by Crippen LogP contribution is -2.18. The van der Waals surface area contributed by atoms with E-state index in [9.17, 15) is 21.6 Å². The van der Waals surface area contributed by atoms with Crippen molar-refractivity contribution in [2.45, 2.75) is 25.1 Å². The van der Waals surface area contributed by atoms with Crippen molar-refractivity contribution < 1.29 is 30.8 Å². The molecule has 2 rings (SSSR count). The van der Waals surface area contributed by atoms with Gasteiger partial charge in [-0.25, -0.2) is 8.42 Å². The van der Waals surface area contributed by atoms with Crippen LogP contribution in [0.4, 0.5) is 18.9 Å². The van der Waals surface area contributed by atoms with Crippen LogP contribution in [0.2, 0.25) is 0 Å². The van der Waals surface area contributed by atoms with Gasteiger partial charge in [-0.05, 0) is 26.0 Å². The second kappa shape index (κ2) is 5.52. The molecule has 0 aliphatic rings. The van der Waals surface area contributed by atoms with Gasteiger partial charge >= 0.3 is 6.36 Å². The first-order valence-corrected chi connectivity index (χ1v) is 7.38. The number of hydrogen-bond acceptors (Lipinski definition) is 5. The van der Waals surface area contributed by atoms with E-state index in [1.165, 1.54) is 26.0 Å². The fourth-order valence-corrected chi connectivity index (χ4v) is 3.20. The van der Waals surface area contributed by atoms with Crippen LogP contribution in [0, 0.1) is 13.8 Å². The Morgan fingerprint density at radius 3 is 2.50 bits per heavy atom. The number of ether oxygens (including phenoxy) is 1. The quantitative estimate of drug-likeness (QED) is 0.928. The summed E-state index contributed by atoms with van der Waals surface area (Å²) in [6.45, 7) is 2.85. The number of halogens is 3. The van der Waals surface area contributed by atoms with Crippen molar-refractivity contribution in [3.05, 3.63) is 35.7 Å². The number of aryl methyl sites for hydroxylation is 2. The van der Waals surface area contributed by atoms with E-state index in [-0.39, 0.29) is 22.0 Å². The van der Waals surface area contributed by atoms with E-state index in [0.717, 1.165) is 12.1 Å². The highest BCUT2D eigenvalue weighted by molar-refractivity contribution is 7.92. The van der Waals surface area contributed by atoms with Crippen molar-refractivity contribution >= 4 is 15.7 Å². The molecule has 0 amide bonds. The second-order valence-corrected chi connectivity index (χ2v) is 5.95. The zero-order valence-electron chi connectivity index (χ0n) is 11.4. The fraction of sp³-hybridized carbons (Fsp3) is 0.250. The molecule has 120 valence electrons. The third kappa shape index (κ3) is 3.70. The summed E-state index contributed by atoms with van der Waals surface area (Å²) < 4.78 is 71.6. The van der Waals surface area contributed by atoms with Gasteiger partial charge in [0.05, 0.1) is 5.69 Å². The number of alkyl halides is 3. The van der Waals surface area contributed by atoms with Gasteiger partial charge in [-0.3, -0.25) is 4.72 Å². The molecule has 6 nitrogen and oxygen atoms in total. The lowest BCUT2D eigenvalue weighted by Gasteiger charge is -2.11. The molecule has 0 bridgehead atoms. The van der Waals surface area contributed by atoms with Crippen LogP contribution in [0.3, 0.4) is 0 Å². The highest BCUT2D eigenvalue weighted by atomic mass is 32.2. The lowest BCUT2D eigenvalue weighted by molar-refractivity contribution is -0.274. The van der Waals surface area contributed by atoms with Gasteiger partial charge in [0.25, 0.3) is 10.0 Å². The Hall–Kier alpha value is -2.23. The first-order valence-electron chi connectivity index (χ1n) is 5.90. The molecular formula is C12H11F3N2O4S. The number of sulfonamides is 1. The molecule has 10 heteroatoms. The second-order valence-electron chi connectivity index (χ2n) is 4.33. The summed E-state index contributed by atoms with van der Waals surface area (Å²) in [7, 11) is -4.03. The van der Waals surface area contributed by atoms with E-state index in [0.29, 0.717) is 0 Å². The molecule has 0 unspecified atom stereocenters. The molecule has 0 fully saturated rings. The smallest absolute Gasteiger partial charge is 0.406 e. The normalized spacial score (nSPS) is 12.2. The molecule has 0 radical (unpaired) electrons. The fourth-order valence-electron chi connectivity index (χ4n) is 1.82. The van der Waals surface area contributed by atoms with E-state index < -0.39 is 22.1 Å². The molecule has 0 saturated heterocycles. The van der Waals surface area contributed by atoms with Gasteiger partial charge < -0.3 is 9.26 Å². The number of nitrogens with zero attached hydrogens (tertiary/aromatic N) is 1. The van der Waals surface area contributed by atoms with E-state index in [2.05, 4.69) is 14.6 Å². The molecule has 0 atom stereocenters. The average Bonchev–Trinajstić information content (AvgIpc) is 2.67. The van der Waals surface area contributed by atoms with Crippen LogP contribution in [-0.2, 0) is 10.0 Å². The highest BCUT2D eigenvalue weighted by Crippen LogP contribution is 2.27. The summed E-state index contributed by atoms with van der Waals surface area (Å²) in [6.07, 6.45) is -4.86. The van der Waals surface area contributed by atoms with Crippen molar-refractivity contribution in [2.24, 2.45) is 0 Å². The van der Waals surface area contributed by atoms with Gasteiger partial charge in [0.2, 0.25) is 0 Å². The Balaban J connectivity index is 2.29. The summed E-state index contributed by atoms with van der Waals surface area (Å²) in [4.78, 5) is -0.158.